The van der Waals surface area contributed by atoms with Crippen LogP contribution in [0.5, 0.6) is 11.6 Å². The Morgan fingerprint density at radius 2 is 1.88 bits per heavy atom. The van der Waals surface area contributed by atoms with Crippen LogP contribution < -0.4 is 15.8 Å². The van der Waals surface area contributed by atoms with Gasteiger partial charge in [-0.25, -0.2) is 4.98 Å². The average Bonchev–Trinajstić information content (AvgIpc) is 2.74. The molecule has 1 aliphatic rings. The SMILES string of the molecule is CC(C)(C)[Si](C)(C)O[C@H]1CCC[C@@H](NCCc2ccc(Oc3ccc(C(N)=O)cn3)cc2)C1. The first-order valence-electron chi connectivity index (χ1n) is 12.0. The Hall–Kier alpha value is -2.22. The number of amides is 1. The number of pyridine rings is 1. The molecule has 1 aromatic heterocycles. The molecule has 0 unspecified atom stereocenters. The van der Waals surface area contributed by atoms with Crippen LogP contribution in [0.1, 0.15) is 62.4 Å². The van der Waals surface area contributed by atoms with E-state index in [0.29, 0.717) is 29.3 Å². The van der Waals surface area contributed by atoms with Crippen molar-refractivity contribution in [1.29, 1.82) is 0 Å². The number of aromatic nitrogens is 1. The van der Waals surface area contributed by atoms with Gasteiger partial charge in [-0.1, -0.05) is 32.9 Å². The van der Waals surface area contributed by atoms with Crippen LogP contribution in [0.2, 0.25) is 18.1 Å². The normalized spacial score (nSPS) is 19.3. The van der Waals surface area contributed by atoms with Crippen molar-refractivity contribution in [3.63, 3.8) is 0 Å². The predicted octanol–water partition coefficient (Wildman–Crippen LogP) is 5.44. The summed E-state index contributed by atoms with van der Waals surface area (Å²) in [6, 6.07) is 11.8. The molecular weight excluding hydrogens is 430 g/mol. The molecule has 1 fully saturated rings. The highest BCUT2D eigenvalue weighted by atomic mass is 28.4. The number of hydrogen-bond acceptors (Lipinski definition) is 5. The number of carbonyl (C=O) groups is 1. The Bertz CT molecular complexity index is 908. The molecule has 7 heteroatoms. The van der Waals surface area contributed by atoms with Crippen molar-refractivity contribution in [3.8, 4) is 11.6 Å². The molecule has 0 saturated heterocycles. The summed E-state index contributed by atoms with van der Waals surface area (Å²) in [6.45, 7) is 12.6. The Labute approximate surface area is 199 Å². The summed E-state index contributed by atoms with van der Waals surface area (Å²) in [6.07, 6.45) is 7.54. The Morgan fingerprint density at radius 3 is 2.48 bits per heavy atom. The molecule has 1 heterocycles. The van der Waals surface area contributed by atoms with E-state index in [0.717, 1.165) is 19.4 Å². The monoisotopic (exact) mass is 469 g/mol. The lowest BCUT2D eigenvalue weighted by Crippen LogP contribution is -2.47. The molecule has 3 rings (SSSR count). The number of nitrogens with zero attached hydrogens (tertiary/aromatic N) is 1. The van der Waals surface area contributed by atoms with Crippen molar-refractivity contribution in [1.82, 2.24) is 10.3 Å². The van der Waals surface area contributed by atoms with Crippen LogP contribution in [-0.4, -0.2) is 37.9 Å². The first kappa shape index (κ1) is 25.4. The number of nitrogens with two attached hydrogens (primary N) is 1. The third-order valence-corrected chi connectivity index (χ3v) is 11.4. The summed E-state index contributed by atoms with van der Waals surface area (Å²) in [5.41, 5.74) is 6.86. The van der Waals surface area contributed by atoms with Crippen LogP contribution in [0.25, 0.3) is 0 Å². The number of ether oxygens (including phenoxy) is 1. The van der Waals surface area contributed by atoms with Gasteiger partial charge in [0.2, 0.25) is 11.8 Å². The van der Waals surface area contributed by atoms with Crippen LogP contribution in [-0.2, 0) is 10.8 Å². The molecule has 2 atom stereocenters. The maximum absolute atomic E-state index is 11.1. The highest BCUT2D eigenvalue weighted by Crippen LogP contribution is 2.39. The van der Waals surface area contributed by atoms with Crippen molar-refractivity contribution >= 4 is 14.2 Å². The summed E-state index contributed by atoms with van der Waals surface area (Å²) in [4.78, 5) is 15.3. The summed E-state index contributed by atoms with van der Waals surface area (Å²) in [7, 11) is -1.71. The molecule has 2 aromatic rings. The molecule has 0 aliphatic heterocycles. The van der Waals surface area contributed by atoms with Crippen LogP contribution in [0, 0.1) is 0 Å². The third kappa shape index (κ3) is 7.38. The second kappa shape index (κ2) is 10.8. The lowest BCUT2D eigenvalue weighted by molar-refractivity contribution is 0.1000. The van der Waals surface area contributed by atoms with E-state index >= 15 is 0 Å². The van der Waals surface area contributed by atoms with Crippen LogP contribution >= 0.6 is 0 Å². The van der Waals surface area contributed by atoms with Crippen molar-refractivity contribution in [2.24, 2.45) is 5.73 Å². The van der Waals surface area contributed by atoms with Crippen LogP contribution in [0.3, 0.4) is 0 Å². The zero-order valence-corrected chi connectivity index (χ0v) is 21.7. The van der Waals surface area contributed by atoms with E-state index in [-0.39, 0.29) is 5.04 Å². The maximum Gasteiger partial charge on any atom is 0.250 e. The molecule has 6 nitrogen and oxygen atoms in total. The highest BCUT2D eigenvalue weighted by molar-refractivity contribution is 6.74. The molecular formula is C26H39N3O3Si. The lowest BCUT2D eigenvalue weighted by atomic mass is 9.93. The van der Waals surface area contributed by atoms with Crippen LogP contribution in [0.4, 0.5) is 0 Å². The van der Waals surface area contributed by atoms with Gasteiger partial charge in [0.1, 0.15) is 5.75 Å². The number of benzene rings is 1. The maximum atomic E-state index is 11.1. The topological polar surface area (TPSA) is 86.5 Å². The molecule has 33 heavy (non-hydrogen) atoms. The van der Waals surface area contributed by atoms with E-state index < -0.39 is 14.2 Å². The van der Waals surface area contributed by atoms with E-state index in [1.807, 2.05) is 12.1 Å². The number of hydrogen-bond donors (Lipinski definition) is 2. The molecule has 0 spiro atoms. The van der Waals surface area contributed by atoms with Crippen molar-refractivity contribution in [2.75, 3.05) is 6.54 Å². The molecule has 3 N–H and O–H groups in total. The Balaban J connectivity index is 1.43. The van der Waals surface area contributed by atoms with Gasteiger partial charge in [-0.15, -0.1) is 0 Å². The summed E-state index contributed by atoms with van der Waals surface area (Å²) in [5, 5.41) is 4.01. The molecule has 1 saturated carbocycles. The number of nitrogens with one attached hydrogen (secondary N) is 1. The lowest BCUT2D eigenvalue weighted by Gasteiger charge is -2.41. The molecule has 0 radical (unpaired) electrons. The van der Waals surface area contributed by atoms with Crippen LogP contribution in [0.15, 0.2) is 42.6 Å². The quantitative estimate of drug-likeness (QED) is 0.478. The number of rotatable bonds is 9. The van der Waals surface area contributed by atoms with Gasteiger partial charge in [0, 0.05) is 24.4 Å². The van der Waals surface area contributed by atoms with Gasteiger partial charge in [0.05, 0.1) is 5.56 Å². The summed E-state index contributed by atoms with van der Waals surface area (Å²) in [5.74, 6) is 0.643. The zero-order valence-electron chi connectivity index (χ0n) is 20.7. The van der Waals surface area contributed by atoms with Gasteiger partial charge < -0.3 is 20.2 Å². The first-order chi connectivity index (χ1) is 15.5. The van der Waals surface area contributed by atoms with Crippen molar-refractivity contribution < 1.29 is 14.0 Å². The molecule has 1 amide bonds. The van der Waals surface area contributed by atoms with Gasteiger partial charge in [0.15, 0.2) is 8.32 Å². The minimum atomic E-state index is -1.71. The van der Waals surface area contributed by atoms with E-state index in [4.69, 9.17) is 14.9 Å². The van der Waals surface area contributed by atoms with Gasteiger partial charge in [-0.2, -0.15) is 0 Å². The third-order valence-electron chi connectivity index (χ3n) is 6.91. The average molecular weight is 470 g/mol. The fourth-order valence-electron chi connectivity index (χ4n) is 3.88. The van der Waals surface area contributed by atoms with Crippen molar-refractivity contribution in [3.05, 3.63) is 53.7 Å². The van der Waals surface area contributed by atoms with Gasteiger partial charge >= 0.3 is 0 Å². The summed E-state index contributed by atoms with van der Waals surface area (Å²) >= 11 is 0. The molecule has 1 aliphatic carbocycles. The number of carbonyl (C=O) groups excluding carboxylic acids is 1. The summed E-state index contributed by atoms with van der Waals surface area (Å²) < 4.78 is 12.4. The molecule has 1 aromatic carbocycles. The van der Waals surface area contributed by atoms with E-state index in [9.17, 15) is 4.79 Å². The fraction of sp³-hybridized carbons (Fsp3) is 0.538. The fourth-order valence-corrected chi connectivity index (χ4v) is 5.28. The minimum absolute atomic E-state index is 0.256. The Kier molecular flexibility index (Phi) is 8.32. The second-order valence-electron chi connectivity index (χ2n) is 10.6. The van der Waals surface area contributed by atoms with Gasteiger partial charge in [-0.05, 0) is 80.5 Å². The number of primary amides is 1. The Morgan fingerprint density at radius 1 is 1.15 bits per heavy atom. The zero-order chi connectivity index (χ0) is 24.1. The van der Waals surface area contributed by atoms with E-state index in [1.165, 1.54) is 31.0 Å². The standard InChI is InChI=1S/C26H39N3O3Si/c1-26(2,3)33(4,5)32-23-8-6-7-21(17-23)28-16-15-19-9-12-22(13-10-19)31-24-14-11-20(18-29-24)25(27)30/h9-14,18,21,23,28H,6-8,15-17H2,1-5H3,(H2,27,30)/t21-,23+/m1/s1. The first-order valence-corrected chi connectivity index (χ1v) is 14.9. The van der Waals surface area contributed by atoms with E-state index in [1.54, 1.807) is 12.1 Å². The smallest absolute Gasteiger partial charge is 0.250 e. The van der Waals surface area contributed by atoms with Crippen molar-refractivity contribution in [2.45, 2.75) is 83.2 Å². The highest BCUT2D eigenvalue weighted by Gasteiger charge is 2.40. The second-order valence-corrected chi connectivity index (χ2v) is 15.3. The predicted molar refractivity (Wildman–Crippen MR) is 135 cm³/mol. The molecule has 180 valence electrons. The minimum Gasteiger partial charge on any atom is -0.439 e. The molecule has 0 bridgehead atoms. The van der Waals surface area contributed by atoms with Gasteiger partial charge in [0.25, 0.3) is 0 Å². The van der Waals surface area contributed by atoms with Gasteiger partial charge in [-0.3, -0.25) is 4.79 Å². The van der Waals surface area contributed by atoms with E-state index in [2.05, 4.69) is 56.3 Å². The largest absolute Gasteiger partial charge is 0.439 e.